The quantitative estimate of drug-likeness (QED) is 0.846. The monoisotopic (exact) mass is 259 g/mol. The van der Waals surface area contributed by atoms with Gasteiger partial charge in [0.1, 0.15) is 0 Å². The Morgan fingerprint density at radius 3 is 2.26 bits per heavy atom. The van der Waals surface area contributed by atoms with Crippen molar-refractivity contribution in [1.82, 2.24) is 4.57 Å². The summed E-state index contributed by atoms with van der Waals surface area (Å²) >= 11 is 0. The molecular weight excluding hydrogens is 238 g/mol. The summed E-state index contributed by atoms with van der Waals surface area (Å²) in [6, 6.07) is 3.94. The first-order chi connectivity index (χ1) is 8.64. The van der Waals surface area contributed by atoms with Crippen LogP contribution in [0.25, 0.3) is 10.9 Å². The van der Waals surface area contributed by atoms with Crippen molar-refractivity contribution in [3.63, 3.8) is 0 Å². The SMILES string of the molecule is Cc1c(C)n(C)c2c(C(=O)O)cc(C(C)(C)C)cc12. The molecule has 0 aliphatic carbocycles. The summed E-state index contributed by atoms with van der Waals surface area (Å²) in [5.41, 5.74) is 4.48. The topological polar surface area (TPSA) is 42.2 Å². The minimum Gasteiger partial charge on any atom is -0.478 e. The fraction of sp³-hybridized carbons (Fsp3) is 0.438. The van der Waals surface area contributed by atoms with Crippen LogP contribution in [-0.4, -0.2) is 15.6 Å². The number of aryl methyl sites for hydroxylation is 2. The van der Waals surface area contributed by atoms with E-state index in [1.807, 2.05) is 24.6 Å². The number of hydrogen-bond acceptors (Lipinski definition) is 1. The average Bonchev–Trinajstić information content (AvgIpc) is 2.52. The number of nitrogens with zero attached hydrogens (tertiary/aromatic N) is 1. The molecule has 0 saturated heterocycles. The Bertz CT molecular complexity index is 672. The molecule has 0 spiro atoms. The van der Waals surface area contributed by atoms with Crippen LogP contribution >= 0.6 is 0 Å². The number of hydrogen-bond donors (Lipinski definition) is 1. The molecule has 19 heavy (non-hydrogen) atoms. The fourth-order valence-electron chi connectivity index (χ4n) is 2.49. The van der Waals surface area contributed by atoms with Crippen molar-refractivity contribution in [3.05, 3.63) is 34.5 Å². The molecule has 0 bridgehead atoms. The molecule has 0 amide bonds. The lowest BCUT2D eigenvalue weighted by molar-refractivity contribution is 0.0698. The van der Waals surface area contributed by atoms with Crippen LogP contribution in [0.3, 0.4) is 0 Å². The molecule has 0 radical (unpaired) electrons. The molecule has 3 nitrogen and oxygen atoms in total. The number of aromatic carboxylic acids is 1. The first-order valence-corrected chi connectivity index (χ1v) is 6.48. The average molecular weight is 259 g/mol. The molecule has 0 atom stereocenters. The van der Waals surface area contributed by atoms with Crippen LogP contribution in [-0.2, 0) is 12.5 Å². The van der Waals surface area contributed by atoms with Crippen molar-refractivity contribution in [2.75, 3.05) is 0 Å². The van der Waals surface area contributed by atoms with E-state index in [0.717, 1.165) is 27.7 Å². The van der Waals surface area contributed by atoms with Crippen LogP contribution in [0, 0.1) is 13.8 Å². The summed E-state index contributed by atoms with van der Waals surface area (Å²) in [5, 5.41) is 10.5. The minimum absolute atomic E-state index is 0.0609. The molecule has 2 rings (SSSR count). The smallest absolute Gasteiger partial charge is 0.337 e. The van der Waals surface area contributed by atoms with Gasteiger partial charge >= 0.3 is 5.97 Å². The highest BCUT2D eigenvalue weighted by molar-refractivity contribution is 6.04. The Labute approximate surface area is 113 Å². The first kappa shape index (κ1) is 13.7. The zero-order valence-corrected chi connectivity index (χ0v) is 12.5. The molecule has 102 valence electrons. The highest BCUT2D eigenvalue weighted by atomic mass is 16.4. The maximum absolute atomic E-state index is 11.6. The molecule has 1 aromatic carbocycles. The lowest BCUT2D eigenvalue weighted by Gasteiger charge is -2.20. The van der Waals surface area contributed by atoms with Crippen LogP contribution in [0.4, 0.5) is 0 Å². The van der Waals surface area contributed by atoms with Crippen LogP contribution in [0.15, 0.2) is 12.1 Å². The van der Waals surface area contributed by atoms with Crippen molar-refractivity contribution in [3.8, 4) is 0 Å². The van der Waals surface area contributed by atoms with Crippen LogP contribution in [0.2, 0.25) is 0 Å². The lowest BCUT2D eigenvalue weighted by atomic mass is 9.85. The predicted octanol–water partition coefficient (Wildman–Crippen LogP) is 3.79. The third-order valence-corrected chi connectivity index (χ3v) is 3.99. The number of carbonyl (C=O) groups is 1. The van der Waals surface area contributed by atoms with Gasteiger partial charge in [-0.3, -0.25) is 0 Å². The highest BCUT2D eigenvalue weighted by Crippen LogP contribution is 2.33. The van der Waals surface area contributed by atoms with E-state index in [1.54, 1.807) is 0 Å². The largest absolute Gasteiger partial charge is 0.478 e. The maximum Gasteiger partial charge on any atom is 0.337 e. The zero-order valence-electron chi connectivity index (χ0n) is 12.5. The summed E-state index contributed by atoms with van der Waals surface area (Å²) < 4.78 is 1.97. The van der Waals surface area contributed by atoms with Crippen LogP contribution < -0.4 is 0 Å². The summed E-state index contributed by atoms with van der Waals surface area (Å²) in [5.74, 6) is -0.864. The van der Waals surface area contributed by atoms with Gasteiger partial charge in [0, 0.05) is 18.1 Å². The number of fused-ring (bicyclic) bond motifs is 1. The summed E-state index contributed by atoms with van der Waals surface area (Å²) in [6.07, 6.45) is 0. The van der Waals surface area contributed by atoms with Crippen molar-refractivity contribution in [2.24, 2.45) is 7.05 Å². The second-order valence-electron chi connectivity index (χ2n) is 6.24. The second-order valence-corrected chi connectivity index (χ2v) is 6.24. The van der Waals surface area contributed by atoms with Gasteiger partial charge in [0.2, 0.25) is 0 Å². The van der Waals surface area contributed by atoms with E-state index < -0.39 is 5.97 Å². The maximum atomic E-state index is 11.6. The summed E-state index contributed by atoms with van der Waals surface area (Å²) in [7, 11) is 1.92. The number of benzene rings is 1. The molecule has 3 heteroatoms. The number of aromatic nitrogens is 1. The molecule has 0 fully saturated rings. The summed E-state index contributed by atoms with van der Waals surface area (Å²) in [4.78, 5) is 11.6. The van der Waals surface area contributed by atoms with E-state index in [4.69, 9.17) is 0 Å². The summed E-state index contributed by atoms with van der Waals surface area (Å²) in [6.45, 7) is 10.4. The third kappa shape index (κ3) is 2.03. The molecule has 0 aliphatic heterocycles. The van der Waals surface area contributed by atoms with Gasteiger partial charge < -0.3 is 9.67 Å². The standard InChI is InChI=1S/C16H21NO2/c1-9-10(2)17(6)14-12(9)7-11(16(3,4)5)8-13(14)15(18)19/h7-8H,1-6H3,(H,18,19). The molecule has 1 heterocycles. The molecule has 1 aromatic heterocycles. The molecular formula is C16H21NO2. The van der Waals surface area contributed by atoms with Crippen molar-refractivity contribution in [1.29, 1.82) is 0 Å². The normalized spacial score (nSPS) is 12.1. The fourth-order valence-corrected chi connectivity index (χ4v) is 2.49. The zero-order chi connectivity index (χ0) is 14.5. The predicted molar refractivity (Wildman–Crippen MR) is 78.1 cm³/mol. The van der Waals surface area contributed by atoms with Gasteiger partial charge in [-0.1, -0.05) is 20.8 Å². The molecule has 1 N–H and O–H groups in total. The third-order valence-electron chi connectivity index (χ3n) is 3.99. The highest BCUT2D eigenvalue weighted by Gasteiger charge is 2.22. The Morgan fingerprint density at radius 2 is 1.79 bits per heavy atom. The Morgan fingerprint density at radius 1 is 1.21 bits per heavy atom. The molecule has 2 aromatic rings. The van der Waals surface area contributed by atoms with Gasteiger partial charge in [-0.2, -0.15) is 0 Å². The number of rotatable bonds is 1. The first-order valence-electron chi connectivity index (χ1n) is 6.48. The van der Waals surface area contributed by atoms with Crippen molar-refractivity contribution in [2.45, 2.75) is 40.0 Å². The van der Waals surface area contributed by atoms with Gasteiger partial charge in [-0.15, -0.1) is 0 Å². The van der Waals surface area contributed by atoms with Gasteiger partial charge in [0.05, 0.1) is 11.1 Å². The van der Waals surface area contributed by atoms with Crippen LogP contribution in [0.1, 0.15) is 48.0 Å². The molecule has 0 saturated carbocycles. The van der Waals surface area contributed by atoms with Gasteiger partial charge in [0.15, 0.2) is 0 Å². The van der Waals surface area contributed by atoms with E-state index in [1.165, 1.54) is 0 Å². The van der Waals surface area contributed by atoms with Crippen molar-refractivity contribution < 1.29 is 9.90 Å². The number of carboxylic acid groups (broad SMARTS) is 1. The Hall–Kier alpha value is -1.77. The van der Waals surface area contributed by atoms with E-state index in [-0.39, 0.29) is 5.41 Å². The Balaban J connectivity index is 2.97. The van der Waals surface area contributed by atoms with E-state index in [9.17, 15) is 9.90 Å². The van der Waals surface area contributed by atoms with E-state index in [0.29, 0.717) is 5.56 Å². The Kier molecular flexibility index (Phi) is 2.96. The lowest BCUT2D eigenvalue weighted by Crippen LogP contribution is -2.13. The second kappa shape index (κ2) is 4.12. The molecule has 0 unspecified atom stereocenters. The van der Waals surface area contributed by atoms with Gasteiger partial charge in [0.25, 0.3) is 0 Å². The van der Waals surface area contributed by atoms with Gasteiger partial charge in [-0.05, 0) is 42.5 Å². The van der Waals surface area contributed by atoms with E-state index >= 15 is 0 Å². The molecule has 0 aliphatic rings. The minimum atomic E-state index is -0.864. The number of carboxylic acids is 1. The van der Waals surface area contributed by atoms with Gasteiger partial charge in [-0.25, -0.2) is 4.79 Å². The van der Waals surface area contributed by atoms with Crippen LogP contribution in [0.5, 0.6) is 0 Å². The van der Waals surface area contributed by atoms with E-state index in [2.05, 4.69) is 33.8 Å². The van der Waals surface area contributed by atoms with Crippen molar-refractivity contribution >= 4 is 16.9 Å².